The van der Waals surface area contributed by atoms with Crippen molar-refractivity contribution in [2.45, 2.75) is 12.8 Å². The zero-order chi connectivity index (χ0) is 10.4. The molecule has 2 nitrogen and oxygen atoms in total. The van der Waals surface area contributed by atoms with E-state index in [1.807, 2.05) is 11.8 Å². The van der Waals surface area contributed by atoms with Crippen LogP contribution in [0.3, 0.4) is 0 Å². The molecule has 0 aromatic carbocycles. The molecule has 2 unspecified atom stereocenters. The average molecular weight is 216 g/mol. The van der Waals surface area contributed by atoms with Gasteiger partial charge < -0.3 is 0 Å². The summed E-state index contributed by atoms with van der Waals surface area (Å²) in [5.41, 5.74) is 1.66. The van der Waals surface area contributed by atoms with Gasteiger partial charge in [0, 0.05) is 17.1 Å². The Labute approximate surface area is 94.0 Å². The summed E-state index contributed by atoms with van der Waals surface area (Å²) in [6, 6.07) is 4.59. The van der Waals surface area contributed by atoms with Crippen molar-refractivity contribution in [3.05, 3.63) is 11.1 Å². The van der Waals surface area contributed by atoms with Crippen LogP contribution in [0.1, 0.15) is 12.8 Å². The number of hydrogen-bond acceptors (Lipinski definition) is 3. The van der Waals surface area contributed by atoms with Gasteiger partial charge in [0.1, 0.15) is 0 Å². The van der Waals surface area contributed by atoms with Gasteiger partial charge in [-0.3, -0.25) is 0 Å². The van der Waals surface area contributed by atoms with Gasteiger partial charge in [-0.15, -0.1) is 0 Å². The monoisotopic (exact) mass is 216 g/mol. The molecule has 2 fully saturated rings. The van der Waals surface area contributed by atoms with Crippen molar-refractivity contribution in [1.82, 2.24) is 0 Å². The van der Waals surface area contributed by atoms with E-state index in [0.717, 1.165) is 24.0 Å². The Bertz CT molecular complexity index is 398. The van der Waals surface area contributed by atoms with Gasteiger partial charge in [0.15, 0.2) is 0 Å². The van der Waals surface area contributed by atoms with E-state index in [9.17, 15) is 5.26 Å². The normalized spacial score (nSPS) is 42.3. The Morgan fingerprint density at radius 1 is 1.00 bits per heavy atom. The van der Waals surface area contributed by atoms with Crippen molar-refractivity contribution in [2.75, 3.05) is 11.5 Å². The molecule has 15 heavy (non-hydrogen) atoms. The highest BCUT2D eigenvalue weighted by Crippen LogP contribution is 2.55. The van der Waals surface area contributed by atoms with Crippen LogP contribution in [0.25, 0.3) is 0 Å². The summed E-state index contributed by atoms with van der Waals surface area (Å²) in [5, 5.41) is 18.3. The predicted octanol–water partition coefficient (Wildman–Crippen LogP) is 2.35. The van der Waals surface area contributed by atoms with Crippen LogP contribution in [0.4, 0.5) is 0 Å². The summed E-state index contributed by atoms with van der Waals surface area (Å²) in [5.74, 6) is 4.59. The third kappa shape index (κ3) is 1.17. The predicted molar refractivity (Wildman–Crippen MR) is 58.8 cm³/mol. The Kier molecular flexibility index (Phi) is 2.04. The lowest BCUT2D eigenvalue weighted by molar-refractivity contribution is 0.151. The molecule has 3 aliphatic carbocycles. The van der Waals surface area contributed by atoms with E-state index in [4.69, 9.17) is 5.26 Å². The molecule has 1 saturated carbocycles. The lowest BCUT2D eigenvalue weighted by Crippen LogP contribution is -2.44. The van der Waals surface area contributed by atoms with Crippen molar-refractivity contribution in [3.63, 3.8) is 0 Å². The molecular weight excluding hydrogens is 204 g/mol. The van der Waals surface area contributed by atoms with Gasteiger partial charge in [0.25, 0.3) is 0 Å². The van der Waals surface area contributed by atoms with E-state index in [-0.39, 0.29) is 0 Å². The molecule has 0 radical (unpaired) electrons. The molecular formula is C12H12N2S. The summed E-state index contributed by atoms with van der Waals surface area (Å²) in [6.07, 6.45) is 2.31. The smallest absolute Gasteiger partial charge is 0.0960 e. The summed E-state index contributed by atoms with van der Waals surface area (Å²) < 4.78 is 0. The molecule has 4 bridgehead atoms. The molecule has 0 aromatic heterocycles. The quantitative estimate of drug-likeness (QED) is 0.624. The number of nitrogens with zero attached hydrogens (tertiary/aromatic N) is 2. The first-order valence-corrected chi connectivity index (χ1v) is 6.62. The zero-order valence-corrected chi connectivity index (χ0v) is 9.26. The SMILES string of the molecule is N#CC1=C(C#N)C2[C@@H]3CSC[C@H]2CC1C3. The van der Waals surface area contributed by atoms with Crippen LogP contribution in [0.2, 0.25) is 0 Å². The number of thioether (sulfide) groups is 1. The third-order valence-electron chi connectivity index (χ3n) is 4.13. The van der Waals surface area contributed by atoms with Crippen molar-refractivity contribution in [2.24, 2.45) is 23.7 Å². The fourth-order valence-corrected chi connectivity index (χ4v) is 5.04. The summed E-state index contributed by atoms with van der Waals surface area (Å²) in [6.45, 7) is 0. The highest BCUT2D eigenvalue weighted by molar-refractivity contribution is 7.99. The van der Waals surface area contributed by atoms with Crippen LogP contribution < -0.4 is 0 Å². The average Bonchev–Trinajstić information content (AvgIpc) is 2.27. The first kappa shape index (κ1) is 9.31. The highest BCUT2D eigenvalue weighted by atomic mass is 32.2. The summed E-state index contributed by atoms with van der Waals surface area (Å²) in [4.78, 5) is 0. The van der Waals surface area contributed by atoms with Crippen LogP contribution in [0.15, 0.2) is 11.1 Å². The lowest BCUT2D eigenvalue weighted by Gasteiger charge is -2.49. The third-order valence-corrected chi connectivity index (χ3v) is 5.45. The molecule has 1 heterocycles. The number of allylic oxidation sites excluding steroid dienone is 2. The van der Waals surface area contributed by atoms with Crippen molar-refractivity contribution < 1.29 is 0 Å². The standard InChI is InChI=1S/C12H12N2S/c13-3-10-7-1-8-5-15-6-9(2-7)12(8)11(10)4-14/h7-9,12H,1-2,5-6H2/t7?,8-,9+,12?. The van der Waals surface area contributed by atoms with Gasteiger partial charge in [-0.05, 0) is 42.1 Å². The van der Waals surface area contributed by atoms with Gasteiger partial charge in [-0.2, -0.15) is 22.3 Å². The maximum absolute atomic E-state index is 9.20. The minimum absolute atomic E-state index is 0.408. The second-order valence-corrected chi connectivity index (χ2v) is 5.88. The Hall–Kier alpha value is -0.930. The Morgan fingerprint density at radius 3 is 2.13 bits per heavy atom. The molecule has 4 atom stereocenters. The molecule has 0 aromatic rings. The van der Waals surface area contributed by atoms with Crippen molar-refractivity contribution in [3.8, 4) is 12.1 Å². The maximum Gasteiger partial charge on any atom is 0.0960 e. The Balaban J connectivity index is 2.10. The van der Waals surface area contributed by atoms with Gasteiger partial charge in [-0.25, -0.2) is 0 Å². The Morgan fingerprint density at radius 2 is 1.60 bits per heavy atom. The van der Waals surface area contributed by atoms with E-state index in [0.29, 0.717) is 23.7 Å². The van der Waals surface area contributed by atoms with Crippen LogP contribution in [0.5, 0.6) is 0 Å². The first-order valence-electron chi connectivity index (χ1n) is 5.47. The number of nitriles is 2. The van der Waals surface area contributed by atoms with E-state index in [1.165, 1.54) is 11.5 Å². The maximum atomic E-state index is 9.20. The molecule has 76 valence electrons. The van der Waals surface area contributed by atoms with Gasteiger partial charge in [-0.1, -0.05) is 0 Å². The van der Waals surface area contributed by atoms with Gasteiger partial charge >= 0.3 is 0 Å². The van der Waals surface area contributed by atoms with Crippen molar-refractivity contribution >= 4 is 11.8 Å². The largest absolute Gasteiger partial charge is 0.193 e. The lowest BCUT2D eigenvalue weighted by atomic mass is 9.58. The van der Waals surface area contributed by atoms with Crippen molar-refractivity contribution in [1.29, 1.82) is 10.5 Å². The molecule has 3 heteroatoms. The zero-order valence-electron chi connectivity index (χ0n) is 8.44. The van der Waals surface area contributed by atoms with E-state index < -0.39 is 0 Å². The number of hydrogen-bond donors (Lipinski definition) is 0. The minimum Gasteiger partial charge on any atom is -0.193 e. The molecule has 4 rings (SSSR count). The van der Waals surface area contributed by atoms with E-state index in [1.54, 1.807) is 0 Å². The molecule has 4 aliphatic rings. The molecule has 1 saturated heterocycles. The van der Waals surface area contributed by atoms with Gasteiger partial charge in [0.2, 0.25) is 0 Å². The topological polar surface area (TPSA) is 47.6 Å². The molecule has 1 aliphatic heterocycles. The fourth-order valence-electron chi connectivity index (χ4n) is 3.61. The van der Waals surface area contributed by atoms with Gasteiger partial charge in [0.05, 0.1) is 12.1 Å². The molecule has 0 N–H and O–H groups in total. The van der Waals surface area contributed by atoms with Crippen LogP contribution in [-0.2, 0) is 0 Å². The molecule has 0 spiro atoms. The highest BCUT2D eigenvalue weighted by Gasteiger charge is 2.49. The van der Waals surface area contributed by atoms with Crippen LogP contribution >= 0.6 is 11.8 Å². The summed E-state index contributed by atoms with van der Waals surface area (Å²) in [7, 11) is 0. The summed E-state index contributed by atoms with van der Waals surface area (Å²) >= 11 is 2.03. The van der Waals surface area contributed by atoms with E-state index >= 15 is 0 Å². The van der Waals surface area contributed by atoms with E-state index in [2.05, 4.69) is 12.1 Å². The second kappa shape index (κ2) is 3.29. The first-order chi connectivity index (χ1) is 7.35. The number of rotatable bonds is 0. The molecule has 0 amide bonds. The fraction of sp³-hybridized carbons (Fsp3) is 0.667. The second-order valence-electron chi connectivity index (χ2n) is 4.80. The van der Waals surface area contributed by atoms with Crippen LogP contribution in [-0.4, -0.2) is 11.5 Å². The van der Waals surface area contributed by atoms with Crippen LogP contribution in [0, 0.1) is 46.3 Å². The minimum atomic E-state index is 0.408.